The summed E-state index contributed by atoms with van der Waals surface area (Å²) in [7, 11) is 3.24. The summed E-state index contributed by atoms with van der Waals surface area (Å²) in [6, 6.07) is 5.32. The van der Waals surface area contributed by atoms with Crippen molar-refractivity contribution >= 4 is 5.78 Å². The summed E-state index contributed by atoms with van der Waals surface area (Å²) >= 11 is 0. The van der Waals surface area contributed by atoms with Gasteiger partial charge in [0.1, 0.15) is 17.6 Å². The second-order valence-corrected chi connectivity index (χ2v) is 4.58. The van der Waals surface area contributed by atoms with Crippen LogP contribution in [0.2, 0.25) is 0 Å². The molecule has 1 heterocycles. The fraction of sp³-hybridized carbons (Fsp3) is 0.500. The summed E-state index contributed by atoms with van der Waals surface area (Å²) in [5, 5.41) is 0. The lowest BCUT2D eigenvalue weighted by atomic mass is 9.94. The van der Waals surface area contributed by atoms with E-state index in [4.69, 9.17) is 14.2 Å². The first-order valence-corrected chi connectivity index (χ1v) is 6.02. The fourth-order valence-corrected chi connectivity index (χ4v) is 2.14. The number of carbonyl (C=O) groups excluding carboxylic acids is 1. The van der Waals surface area contributed by atoms with Crippen molar-refractivity contribution in [3.63, 3.8) is 0 Å². The Hall–Kier alpha value is -1.55. The highest BCUT2D eigenvalue weighted by Gasteiger charge is 2.30. The lowest BCUT2D eigenvalue weighted by Crippen LogP contribution is -2.34. The van der Waals surface area contributed by atoms with Gasteiger partial charge in [0.05, 0.1) is 19.3 Å². The monoisotopic (exact) mass is 250 g/mol. The van der Waals surface area contributed by atoms with Crippen LogP contribution in [0, 0.1) is 5.92 Å². The lowest BCUT2D eigenvalue weighted by Gasteiger charge is -2.29. The van der Waals surface area contributed by atoms with E-state index in [1.807, 2.05) is 6.92 Å². The van der Waals surface area contributed by atoms with Crippen molar-refractivity contribution in [2.45, 2.75) is 19.4 Å². The number of hydrogen-bond acceptors (Lipinski definition) is 4. The highest BCUT2D eigenvalue weighted by molar-refractivity contribution is 6.00. The van der Waals surface area contributed by atoms with Crippen LogP contribution in [0.1, 0.15) is 23.7 Å². The number of carbonyl (C=O) groups is 1. The van der Waals surface area contributed by atoms with Gasteiger partial charge >= 0.3 is 0 Å². The number of ether oxygens (including phenoxy) is 3. The van der Waals surface area contributed by atoms with Crippen LogP contribution in [0.15, 0.2) is 18.2 Å². The number of methoxy groups -OCH3 is 2. The van der Waals surface area contributed by atoms with E-state index in [1.54, 1.807) is 32.4 Å². The highest BCUT2D eigenvalue weighted by Crippen LogP contribution is 2.32. The van der Waals surface area contributed by atoms with Crippen molar-refractivity contribution in [2.24, 2.45) is 5.92 Å². The van der Waals surface area contributed by atoms with Crippen LogP contribution in [0.4, 0.5) is 0 Å². The average molecular weight is 250 g/mol. The summed E-state index contributed by atoms with van der Waals surface area (Å²) in [5.41, 5.74) is 0.607. The second-order valence-electron chi connectivity index (χ2n) is 4.58. The van der Waals surface area contributed by atoms with Gasteiger partial charge < -0.3 is 14.2 Å². The summed E-state index contributed by atoms with van der Waals surface area (Å²) in [4.78, 5) is 12.1. The molecule has 2 rings (SSSR count). The smallest absolute Gasteiger partial charge is 0.170 e. The molecule has 0 radical (unpaired) electrons. The van der Waals surface area contributed by atoms with Gasteiger partial charge in [0.25, 0.3) is 0 Å². The third-order valence-electron chi connectivity index (χ3n) is 3.22. The van der Waals surface area contributed by atoms with Crippen LogP contribution in [-0.4, -0.2) is 32.7 Å². The van der Waals surface area contributed by atoms with Gasteiger partial charge in [0.2, 0.25) is 0 Å². The summed E-state index contributed by atoms with van der Waals surface area (Å²) in [6.45, 7) is 2.61. The molecule has 4 heteroatoms. The van der Waals surface area contributed by atoms with Crippen molar-refractivity contribution in [1.82, 2.24) is 0 Å². The van der Waals surface area contributed by atoms with E-state index >= 15 is 0 Å². The van der Waals surface area contributed by atoms with Crippen LogP contribution >= 0.6 is 0 Å². The Kier molecular flexibility index (Phi) is 3.87. The number of Topliss-reactive ketones (excluding diaryl/α,β-unsaturated/α-hetero) is 1. The van der Waals surface area contributed by atoms with E-state index in [2.05, 4.69) is 0 Å². The molecular weight excluding hydrogens is 232 g/mol. The molecule has 4 nitrogen and oxygen atoms in total. The van der Waals surface area contributed by atoms with Crippen LogP contribution in [0.3, 0.4) is 0 Å². The third kappa shape index (κ3) is 2.48. The predicted molar refractivity (Wildman–Crippen MR) is 67.4 cm³/mol. The minimum Gasteiger partial charge on any atom is -0.497 e. The van der Waals surface area contributed by atoms with Gasteiger partial charge in [-0.25, -0.2) is 0 Å². The van der Waals surface area contributed by atoms with Crippen LogP contribution in [-0.2, 0) is 4.74 Å². The van der Waals surface area contributed by atoms with Gasteiger partial charge in [-0.05, 0) is 18.2 Å². The van der Waals surface area contributed by atoms with Crippen molar-refractivity contribution in [2.75, 3.05) is 20.8 Å². The molecule has 0 saturated heterocycles. The molecular formula is C14H18O4. The largest absolute Gasteiger partial charge is 0.497 e. The summed E-state index contributed by atoms with van der Waals surface area (Å²) in [5.74, 6) is 1.60. The highest BCUT2D eigenvalue weighted by atomic mass is 16.5. The fourth-order valence-electron chi connectivity index (χ4n) is 2.14. The first-order valence-electron chi connectivity index (χ1n) is 6.02. The molecule has 0 fully saturated rings. The van der Waals surface area contributed by atoms with E-state index in [0.717, 1.165) is 0 Å². The maximum atomic E-state index is 12.1. The number of benzene rings is 1. The van der Waals surface area contributed by atoms with E-state index < -0.39 is 0 Å². The van der Waals surface area contributed by atoms with Gasteiger partial charge in [-0.2, -0.15) is 0 Å². The molecule has 0 spiro atoms. The first-order chi connectivity index (χ1) is 8.65. The van der Waals surface area contributed by atoms with Crippen LogP contribution in [0.25, 0.3) is 0 Å². The van der Waals surface area contributed by atoms with E-state index in [1.165, 1.54) is 0 Å². The third-order valence-corrected chi connectivity index (χ3v) is 3.22. The van der Waals surface area contributed by atoms with Crippen molar-refractivity contribution in [3.05, 3.63) is 23.8 Å². The molecule has 0 amide bonds. The van der Waals surface area contributed by atoms with Gasteiger partial charge in [-0.15, -0.1) is 0 Å². The van der Waals surface area contributed by atoms with Gasteiger partial charge in [0, 0.05) is 19.4 Å². The topological polar surface area (TPSA) is 44.8 Å². The van der Waals surface area contributed by atoms with Crippen LogP contribution in [0.5, 0.6) is 11.5 Å². The van der Waals surface area contributed by atoms with E-state index in [0.29, 0.717) is 30.1 Å². The molecule has 0 bridgehead atoms. The first kappa shape index (κ1) is 12.9. The van der Waals surface area contributed by atoms with Crippen LogP contribution < -0.4 is 9.47 Å². The average Bonchev–Trinajstić information content (AvgIpc) is 2.38. The molecule has 2 unspecified atom stereocenters. The maximum absolute atomic E-state index is 12.1. The van der Waals surface area contributed by atoms with Crippen molar-refractivity contribution in [1.29, 1.82) is 0 Å². The van der Waals surface area contributed by atoms with Gasteiger partial charge in [-0.3, -0.25) is 4.79 Å². The van der Waals surface area contributed by atoms with E-state index in [9.17, 15) is 4.79 Å². The van der Waals surface area contributed by atoms with Crippen molar-refractivity contribution in [3.8, 4) is 11.5 Å². The Morgan fingerprint density at radius 3 is 2.89 bits per heavy atom. The Morgan fingerprint density at radius 1 is 1.44 bits per heavy atom. The summed E-state index contributed by atoms with van der Waals surface area (Å²) < 4.78 is 16.1. The minimum atomic E-state index is -0.113. The second kappa shape index (κ2) is 5.40. The lowest BCUT2D eigenvalue weighted by molar-refractivity contribution is 0.0524. The van der Waals surface area contributed by atoms with Gasteiger partial charge in [-0.1, -0.05) is 6.92 Å². The number of rotatable bonds is 4. The molecule has 0 aromatic heterocycles. The molecule has 1 aliphatic rings. The minimum absolute atomic E-state index is 0.100. The molecule has 1 aromatic rings. The molecule has 2 atom stereocenters. The SMILES string of the molecule is COCC(C)C1CC(=O)c2cc(OC)ccc2O1. The molecule has 0 N–H and O–H groups in total. The molecule has 0 aliphatic carbocycles. The molecule has 0 saturated carbocycles. The number of fused-ring (bicyclic) bond motifs is 1. The number of hydrogen-bond donors (Lipinski definition) is 0. The zero-order valence-electron chi connectivity index (χ0n) is 10.9. The van der Waals surface area contributed by atoms with E-state index in [-0.39, 0.29) is 17.8 Å². The molecule has 18 heavy (non-hydrogen) atoms. The Balaban J connectivity index is 2.21. The predicted octanol–water partition coefficient (Wildman–Crippen LogP) is 2.31. The Labute approximate surface area is 107 Å². The Bertz CT molecular complexity index is 441. The normalized spacial score (nSPS) is 19.9. The molecule has 1 aromatic carbocycles. The maximum Gasteiger partial charge on any atom is 0.170 e. The Morgan fingerprint density at radius 2 is 2.22 bits per heavy atom. The van der Waals surface area contributed by atoms with Crippen molar-refractivity contribution < 1.29 is 19.0 Å². The molecule has 98 valence electrons. The number of ketones is 1. The zero-order chi connectivity index (χ0) is 13.1. The zero-order valence-corrected chi connectivity index (χ0v) is 10.9. The standard InChI is InChI=1S/C14H18O4/c1-9(8-16-2)14-7-12(15)11-6-10(17-3)4-5-13(11)18-14/h4-6,9,14H,7-8H2,1-3H3. The van der Waals surface area contributed by atoms with Gasteiger partial charge in [0.15, 0.2) is 5.78 Å². The summed E-state index contributed by atoms with van der Waals surface area (Å²) in [6.07, 6.45) is 0.281. The quantitative estimate of drug-likeness (QED) is 0.822. The molecule has 1 aliphatic heterocycles.